The second-order valence-electron chi connectivity index (χ2n) is 13.3. The summed E-state index contributed by atoms with van der Waals surface area (Å²) < 4.78 is 0. The summed E-state index contributed by atoms with van der Waals surface area (Å²) in [5.74, 6) is 4.46. The molecule has 3 rings (SSSR count). The Labute approximate surface area is 243 Å². The standard InChI is InChI=1S/C15H24.2C12H18/c1-10(2)13-7-8-14(11(3)4)15(9-13)12(5)6;1-9(2)11-5-7-12(8-6-11)10(3)4;1-9(2)11-6-5-7-12(8-11)10(3)4/h7-12H,1-6H3;2*5-10H,1-4H3. The molecule has 0 unspecified atom stereocenters. The van der Waals surface area contributed by atoms with Crippen molar-refractivity contribution in [2.45, 2.75) is 138 Å². The molecule has 0 heteroatoms. The Bertz CT molecular complexity index is 1030. The molecule has 0 radical (unpaired) electrons. The molecule has 0 fully saturated rings. The fourth-order valence-corrected chi connectivity index (χ4v) is 4.52. The summed E-state index contributed by atoms with van der Waals surface area (Å²) in [6.07, 6.45) is 0. The van der Waals surface area contributed by atoms with E-state index in [1.807, 2.05) is 0 Å². The van der Waals surface area contributed by atoms with Gasteiger partial charge in [-0.3, -0.25) is 0 Å². The molecule has 0 heterocycles. The minimum absolute atomic E-state index is 0.626. The predicted molar refractivity (Wildman–Crippen MR) is 178 cm³/mol. The van der Waals surface area contributed by atoms with Gasteiger partial charge in [0.2, 0.25) is 0 Å². The van der Waals surface area contributed by atoms with Crippen LogP contribution >= 0.6 is 0 Å². The second-order valence-corrected chi connectivity index (χ2v) is 13.3. The molecule has 216 valence electrons. The minimum atomic E-state index is 0.626. The fourth-order valence-electron chi connectivity index (χ4n) is 4.52. The van der Waals surface area contributed by atoms with Gasteiger partial charge in [-0.05, 0) is 80.4 Å². The lowest BCUT2D eigenvalue weighted by Crippen LogP contribution is -2.00. The van der Waals surface area contributed by atoms with Crippen molar-refractivity contribution in [1.29, 1.82) is 0 Å². The highest BCUT2D eigenvalue weighted by molar-refractivity contribution is 5.37. The Morgan fingerprint density at radius 2 is 0.590 bits per heavy atom. The number of benzene rings is 3. The van der Waals surface area contributed by atoms with Gasteiger partial charge in [-0.25, -0.2) is 0 Å². The SMILES string of the molecule is CC(C)c1ccc(C(C)C)c(C(C)C)c1.CC(C)c1ccc(C(C)C)cc1.CC(C)c1cccc(C(C)C)c1. The molecule has 0 amide bonds. The number of rotatable bonds is 7. The van der Waals surface area contributed by atoms with Crippen molar-refractivity contribution in [2.24, 2.45) is 0 Å². The maximum atomic E-state index is 2.39. The molecule has 39 heavy (non-hydrogen) atoms. The van der Waals surface area contributed by atoms with E-state index in [-0.39, 0.29) is 0 Å². The molecular weight excluding hydrogens is 468 g/mol. The molecule has 0 aliphatic rings. The van der Waals surface area contributed by atoms with E-state index in [9.17, 15) is 0 Å². The lowest BCUT2D eigenvalue weighted by Gasteiger charge is -2.18. The highest BCUT2D eigenvalue weighted by atomic mass is 14.2. The number of hydrogen-bond acceptors (Lipinski definition) is 0. The Kier molecular flexibility index (Phi) is 14.8. The molecule has 0 N–H and O–H groups in total. The van der Waals surface area contributed by atoms with Crippen LogP contribution in [0.1, 0.15) is 177 Å². The molecule has 3 aromatic carbocycles. The topological polar surface area (TPSA) is 0 Å². The van der Waals surface area contributed by atoms with Gasteiger partial charge in [0.15, 0.2) is 0 Å². The fraction of sp³-hybridized carbons (Fsp3) is 0.538. The van der Waals surface area contributed by atoms with Crippen molar-refractivity contribution in [3.05, 3.63) is 106 Å². The summed E-state index contributed by atoms with van der Waals surface area (Å²) in [5.41, 5.74) is 10.2. The third kappa shape index (κ3) is 11.7. The first kappa shape index (κ1) is 34.7. The average molecular weight is 529 g/mol. The Balaban J connectivity index is 0.000000295. The molecule has 0 aromatic heterocycles. The van der Waals surface area contributed by atoms with Crippen LogP contribution in [0.4, 0.5) is 0 Å². The molecule has 0 atom stereocenters. The van der Waals surface area contributed by atoms with E-state index in [4.69, 9.17) is 0 Å². The van der Waals surface area contributed by atoms with Gasteiger partial charge in [0.1, 0.15) is 0 Å². The van der Waals surface area contributed by atoms with Crippen molar-refractivity contribution < 1.29 is 0 Å². The lowest BCUT2D eigenvalue weighted by atomic mass is 9.87. The van der Waals surface area contributed by atoms with Crippen molar-refractivity contribution >= 4 is 0 Å². The summed E-state index contributed by atoms with van der Waals surface area (Å²) >= 11 is 0. The summed E-state index contributed by atoms with van der Waals surface area (Å²) in [6, 6.07) is 24.8. The molecule has 0 saturated carbocycles. The number of hydrogen-bond donors (Lipinski definition) is 0. The van der Waals surface area contributed by atoms with E-state index < -0.39 is 0 Å². The van der Waals surface area contributed by atoms with Gasteiger partial charge >= 0.3 is 0 Å². The van der Waals surface area contributed by atoms with Gasteiger partial charge in [-0.1, -0.05) is 164 Å². The average Bonchev–Trinajstić information content (AvgIpc) is 2.89. The van der Waals surface area contributed by atoms with E-state index in [0.29, 0.717) is 41.4 Å². The summed E-state index contributed by atoms with van der Waals surface area (Å²) in [5, 5.41) is 0. The van der Waals surface area contributed by atoms with Crippen LogP contribution in [-0.4, -0.2) is 0 Å². The van der Waals surface area contributed by atoms with Gasteiger partial charge in [0, 0.05) is 0 Å². The van der Waals surface area contributed by atoms with E-state index >= 15 is 0 Å². The highest BCUT2D eigenvalue weighted by Crippen LogP contribution is 2.29. The first-order valence-corrected chi connectivity index (χ1v) is 15.5. The normalized spacial score (nSPS) is 11.4. The zero-order valence-electron chi connectivity index (χ0n) is 27.9. The molecule has 0 saturated heterocycles. The zero-order valence-corrected chi connectivity index (χ0v) is 27.9. The largest absolute Gasteiger partial charge is 0.0617 e. The Morgan fingerprint density at radius 3 is 0.897 bits per heavy atom. The van der Waals surface area contributed by atoms with Gasteiger partial charge in [-0.2, -0.15) is 0 Å². The van der Waals surface area contributed by atoms with E-state index in [1.165, 1.54) is 38.9 Å². The zero-order chi connectivity index (χ0) is 29.9. The van der Waals surface area contributed by atoms with Crippen LogP contribution in [-0.2, 0) is 0 Å². The lowest BCUT2D eigenvalue weighted by molar-refractivity contribution is 0.778. The summed E-state index contributed by atoms with van der Waals surface area (Å²) in [6.45, 7) is 31.5. The third-order valence-corrected chi connectivity index (χ3v) is 7.54. The minimum Gasteiger partial charge on any atom is -0.0617 e. The van der Waals surface area contributed by atoms with Crippen molar-refractivity contribution in [3.8, 4) is 0 Å². The monoisotopic (exact) mass is 528 g/mol. The van der Waals surface area contributed by atoms with Crippen LogP contribution in [0.2, 0.25) is 0 Å². The van der Waals surface area contributed by atoms with Gasteiger partial charge < -0.3 is 0 Å². The maximum absolute atomic E-state index is 2.39. The predicted octanol–water partition coefficient (Wildman–Crippen LogP) is 12.9. The smallest absolute Gasteiger partial charge is 0.0216 e. The van der Waals surface area contributed by atoms with Crippen LogP contribution in [0.5, 0.6) is 0 Å². The molecule has 3 aromatic rings. The highest BCUT2D eigenvalue weighted by Gasteiger charge is 2.11. The van der Waals surface area contributed by atoms with Crippen LogP contribution in [0, 0.1) is 0 Å². The van der Waals surface area contributed by atoms with Crippen molar-refractivity contribution in [3.63, 3.8) is 0 Å². The van der Waals surface area contributed by atoms with Gasteiger partial charge in [0.05, 0.1) is 0 Å². The van der Waals surface area contributed by atoms with E-state index in [2.05, 4.69) is 164 Å². The van der Waals surface area contributed by atoms with Crippen LogP contribution in [0.25, 0.3) is 0 Å². The van der Waals surface area contributed by atoms with Crippen LogP contribution in [0.3, 0.4) is 0 Å². The van der Waals surface area contributed by atoms with Crippen molar-refractivity contribution in [1.82, 2.24) is 0 Å². The van der Waals surface area contributed by atoms with Gasteiger partial charge in [-0.15, -0.1) is 0 Å². The molecule has 0 bridgehead atoms. The Hall–Kier alpha value is -2.34. The molecule has 0 spiro atoms. The van der Waals surface area contributed by atoms with Crippen LogP contribution < -0.4 is 0 Å². The molecule has 0 nitrogen and oxygen atoms in total. The first-order chi connectivity index (χ1) is 18.1. The van der Waals surface area contributed by atoms with E-state index in [0.717, 1.165) is 0 Å². The maximum Gasteiger partial charge on any atom is -0.0216 e. The molecule has 0 aliphatic carbocycles. The Morgan fingerprint density at radius 1 is 0.282 bits per heavy atom. The van der Waals surface area contributed by atoms with Gasteiger partial charge in [0.25, 0.3) is 0 Å². The second kappa shape index (κ2) is 16.7. The van der Waals surface area contributed by atoms with Crippen LogP contribution in [0.15, 0.2) is 66.7 Å². The van der Waals surface area contributed by atoms with E-state index in [1.54, 1.807) is 0 Å². The summed E-state index contributed by atoms with van der Waals surface area (Å²) in [4.78, 5) is 0. The van der Waals surface area contributed by atoms with Crippen molar-refractivity contribution in [2.75, 3.05) is 0 Å². The quantitative estimate of drug-likeness (QED) is 0.286. The summed E-state index contributed by atoms with van der Waals surface area (Å²) in [7, 11) is 0. The third-order valence-electron chi connectivity index (χ3n) is 7.54. The molecular formula is C39H60. The first-order valence-electron chi connectivity index (χ1n) is 15.5. The molecule has 0 aliphatic heterocycles.